The van der Waals surface area contributed by atoms with Gasteiger partial charge in [-0.3, -0.25) is 15.1 Å². The van der Waals surface area contributed by atoms with Crippen LogP contribution in [0.3, 0.4) is 0 Å². The zero-order valence-electron chi connectivity index (χ0n) is 9.79. The summed E-state index contributed by atoms with van der Waals surface area (Å²) < 4.78 is 0. The summed E-state index contributed by atoms with van der Waals surface area (Å²) in [6, 6.07) is 0.0572. The molecular weight excluding hydrogens is 190 g/mol. The number of nitrogens with one attached hydrogen (secondary N) is 1. The maximum Gasteiger partial charge on any atom is 0.238 e. The summed E-state index contributed by atoms with van der Waals surface area (Å²) in [5, 5.41) is 7.94. The predicted molar refractivity (Wildman–Crippen MR) is 60.4 cm³/mol. The normalized spacial score (nSPS) is 25.1. The molecule has 1 saturated heterocycles. The molecule has 0 bridgehead atoms. The Morgan fingerprint density at radius 2 is 2.13 bits per heavy atom. The van der Waals surface area contributed by atoms with Crippen LogP contribution in [0.4, 0.5) is 0 Å². The first-order valence-electron chi connectivity index (χ1n) is 5.22. The minimum Gasteiger partial charge on any atom is -0.404 e. The van der Waals surface area contributed by atoms with Crippen LogP contribution in [-0.2, 0) is 4.79 Å². The summed E-state index contributed by atoms with van der Waals surface area (Å²) in [6.07, 6.45) is 2.21. The molecule has 1 aliphatic rings. The van der Waals surface area contributed by atoms with E-state index in [0.29, 0.717) is 5.57 Å². The van der Waals surface area contributed by atoms with Gasteiger partial charge in [0.1, 0.15) is 5.84 Å². The van der Waals surface area contributed by atoms with Gasteiger partial charge < -0.3 is 5.73 Å². The van der Waals surface area contributed by atoms with Gasteiger partial charge in [-0.25, -0.2) is 0 Å². The van der Waals surface area contributed by atoms with Gasteiger partial charge in [0, 0.05) is 17.8 Å². The van der Waals surface area contributed by atoms with Crippen molar-refractivity contribution in [2.75, 3.05) is 0 Å². The Kier molecular flexibility index (Phi) is 2.88. The number of nitrogens with two attached hydrogens (primary N) is 1. The molecule has 1 heterocycles. The van der Waals surface area contributed by atoms with Crippen LogP contribution in [0.15, 0.2) is 11.8 Å². The van der Waals surface area contributed by atoms with E-state index in [2.05, 4.69) is 0 Å². The van der Waals surface area contributed by atoms with Gasteiger partial charge in [0.15, 0.2) is 0 Å². The highest BCUT2D eigenvalue weighted by Gasteiger charge is 2.48. The number of carbonyl (C=O) groups is 1. The van der Waals surface area contributed by atoms with Crippen molar-refractivity contribution in [2.45, 2.75) is 40.2 Å². The number of rotatable bonds is 2. The predicted octanol–water partition coefficient (Wildman–Crippen LogP) is 1.47. The lowest BCUT2D eigenvalue weighted by Gasteiger charge is -2.24. The van der Waals surface area contributed by atoms with Crippen molar-refractivity contribution in [1.29, 1.82) is 5.41 Å². The zero-order chi connectivity index (χ0) is 11.8. The molecule has 0 aliphatic carbocycles. The first-order valence-corrected chi connectivity index (χ1v) is 5.22. The summed E-state index contributed by atoms with van der Waals surface area (Å²) in [7, 11) is 0. The fourth-order valence-electron chi connectivity index (χ4n) is 1.83. The Hall–Kier alpha value is -1.32. The smallest absolute Gasteiger partial charge is 0.238 e. The second kappa shape index (κ2) is 3.68. The van der Waals surface area contributed by atoms with Crippen LogP contribution in [0.25, 0.3) is 0 Å². The summed E-state index contributed by atoms with van der Waals surface area (Å²) in [4.78, 5) is 13.6. The highest BCUT2D eigenvalue weighted by molar-refractivity contribution is 6.18. The van der Waals surface area contributed by atoms with E-state index in [-0.39, 0.29) is 17.8 Å². The minimum absolute atomic E-state index is 0.0291. The standard InChI is InChI=1S/C11H19N3O/c1-5-7(2)14-9(13)8(6-12)11(3,4)10(14)15/h6-7,13H,5,12H2,1-4H3/b8-6+,13-9?/t7-/m0/s1. The molecule has 1 amide bonds. The highest BCUT2D eigenvalue weighted by Crippen LogP contribution is 2.37. The lowest BCUT2D eigenvalue weighted by molar-refractivity contribution is -0.133. The molecule has 4 nitrogen and oxygen atoms in total. The lowest BCUT2D eigenvalue weighted by Crippen LogP contribution is -2.39. The van der Waals surface area contributed by atoms with Crippen LogP contribution in [0.2, 0.25) is 0 Å². The van der Waals surface area contributed by atoms with Gasteiger partial charge in [-0.05, 0) is 27.2 Å². The van der Waals surface area contributed by atoms with Crippen molar-refractivity contribution in [3.63, 3.8) is 0 Å². The van der Waals surface area contributed by atoms with E-state index < -0.39 is 5.41 Å². The first-order chi connectivity index (χ1) is 6.87. The monoisotopic (exact) mass is 209 g/mol. The quantitative estimate of drug-likeness (QED) is 0.723. The van der Waals surface area contributed by atoms with Gasteiger partial charge in [0.25, 0.3) is 0 Å². The van der Waals surface area contributed by atoms with Gasteiger partial charge >= 0.3 is 0 Å². The number of likely N-dealkylation sites (tertiary alicyclic amines) is 1. The van der Waals surface area contributed by atoms with Gasteiger partial charge in [-0.15, -0.1) is 0 Å². The SMILES string of the molecule is CC[C@H](C)N1C(=N)/C(=C\N)C(C)(C)C1=O. The third kappa shape index (κ3) is 1.54. The molecule has 3 N–H and O–H groups in total. The molecule has 0 spiro atoms. The van der Waals surface area contributed by atoms with E-state index in [4.69, 9.17) is 11.1 Å². The Bertz CT molecular complexity index is 331. The number of carbonyl (C=O) groups excluding carboxylic acids is 1. The van der Waals surface area contributed by atoms with Crippen LogP contribution in [-0.4, -0.2) is 22.7 Å². The Morgan fingerprint density at radius 3 is 2.47 bits per heavy atom. The van der Waals surface area contributed by atoms with Gasteiger partial charge in [0.05, 0.1) is 5.41 Å². The van der Waals surface area contributed by atoms with E-state index >= 15 is 0 Å². The number of nitrogens with zero attached hydrogens (tertiary/aromatic N) is 1. The average Bonchev–Trinajstić information content (AvgIpc) is 2.33. The molecule has 1 aliphatic heterocycles. The van der Waals surface area contributed by atoms with Crippen LogP contribution in [0, 0.1) is 10.8 Å². The fraction of sp³-hybridized carbons (Fsp3) is 0.636. The van der Waals surface area contributed by atoms with Crippen LogP contribution >= 0.6 is 0 Å². The molecule has 15 heavy (non-hydrogen) atoms. The van der Waals surface area contributed by atoms with Gasteiger partial charge in [-0.1, -0.05) is 6.92 Å². The minimum atomic E-state index is -0.657. The Labute approximate surface area is 90.6 Å². The van der Waals surface area contributed by atoms with E-state index in [1.807, 2.05) is 27.7 Å². The van der Waals surface area contributed by atoms with Gasteiger partial charge in [0.2, 0.25) is 5.91 Å². The number of amidine groups is 1. The van der Waals surface area contributed by atoms with Crippen molar-refractivity contribution < 1.29 is 4.79 Å². The number of hydrogen-bond acceptors (Lipinski definition) is 3. The molecule has 0 aromatic heterocycles. The van der Waals surface area contributed by atoms with E-state index in [9.17, 15) is 4.79 Å². The molecule has 84 valence electrons. The lowest BCUT2D eigenvalue weighted by atomic mass is 9.87. The number of amides is 1. The Balaban J connectivity index is 3.17. The zero-order valence-corrected chi connectivity index (χ0v) is 9.79. The molecule has 0 radical (unpaired) electrons. The maximum absolute atomic E-state index is 12.1. The third-order valence-corrected chi connectivity index (χ3v) is 3.12. The molecule has 0 saturated carbocycles. The second-order valence-electron chi connectivity index (χ2n) is 4.49. The van der Waals surface area contributed by atoms with Crippen molar-refractivity contribution >= 4 is 11.7 Å². The van der Waals surface area contributed by atoms with Crippen molar-refractivity contribution in [2.24, 2.45) is 11.1 Å². The molecule has 0 aromatic rings. The van der Waals surface area contributed by atoms with Crippen molar-refractivity contribution in [3.05, 3.63) is 11.8 Å². The van der Waals surface area contributed by atoms with E-state index in [1.165, 1.54) is 6.20 Å². The highest BCUT2D eigenvalue weighted by atomic mass is 16.2. The summed E-state index contributed by atoms with van der Waals surface area (Å²) in [6.45, 7) is 7.57. The molecular formula is C11H19N3O. The van der Waals surface area contributed by atoms with Crippen molar-refractivity contribution in [3.8, 4) is 0 Å². The molecule has 1 fully saturated rings. The second-order valence-corrected chi connectivity index (χ2v) is 4.49. The van der Waals surface area contributed by atoms with Crippen molar-refractivity contribution in [1.82, 2.24) is 4.90 Å². The molecule has 0 unspecified atom stereocenters. The third-order valence-electron chi connectivity index (χ3n) is 3.12. The summed E-state index contributed by atoms with van der Waals surface area (Å²) >= 11 is 0. The molecule has 1 atom stereocenters. The molecule has 4 heteroatoms. The summed E-state index contributed by atoms with van der Waals surface area (Å²) in [5.41, 5.74) is 5.44. The molecule has 0 aromatic carbocycles. The van der Waals surface area contributed by atoms with Crippen LogP contribution in [0.5, 0.6) is 0 Å². The maximum atomic E-state index is 12.1. The Morgan fingerprint density at radius 1 is 1.60 bits per heavy atom. The van der Waals surface area contributed by atoms with E-state index in [0.717, 1.165) is 6.42 Å². The van der Waals surface area contributed by atoms with Gasteiger partial charge in [-0.2, -0.15) is 0 Å². The topological polar surface area (TPSA) is 70.2 Å². The molecule has 1 rings (SSSR count). The average molecular weight is 209 g/mol. The van der Waals surface area contributed by atoms with Crippen LogP contribution in [0.1, 0.15) is 34.1 Å². The van der Waals surface area contributed by atoms with Crippen LogP contribution < -0.4 is 5.73 Å². The summed E-state index contributed by atoms with van der Waals surface area (Å²) in [5.74, 6) is 0.223. The number of hydrogen-bond donors (Lipinski definition) is 2. The fourth-order valence-corrected chi connectivity index (χ4v) is 1.83. The first kappa shape index (κ1) is 11.8. The largest absolute Gasteiger partial charge is 0.404 e. The van der Waals surface area contributed by atoms with E-state index in [1.54, 1.807) is 4.90 Å².